The summed E-state index contributed by atoms with van der Waals surface area (Å²) in [5, 5.41) is 5.99. The maximum absolute atomic E-state index is 12.5. The molecule has 5 nitrogen and oxygen atoms in total. The summed E-state index contributed by atoms with van der Waals surface area (Å²) in [6, 6.07) is 6.08. The van der Waals surface area contributed by atoms with E-state index in [0.717, 1.165) is 0 Å². The molecule has 158 valence electrons. The molecule has 1 fully saturated rings. The number of halogens is 6. The minimum atomic E-state index is -4.44. The van der Waals surface area contributed by atoms with Crippen LogP contribution in [0.25, 0.3) is 0 Å². The first-order valence-corrected chi connectivity index (χ1v) is 8.59. The summed E-state index contributed by atoms with van der Waals surface area (Å²) in [5.41, 5.74) is 0.500. The molecule has 2 N–H and O–H groups in total. The number of likely N-dealkylation sites (tertiary alicyclic amines) is 1. The van der Waals surface area contributed by atoms with Gasteiger partial charge in [0, 0.05) is 38.3 Å². The zero-order valence-electron chi connectivity index (χ0n) is 15.2. The molecule has 1 aliphatic rings. The van der Waals surface area contributed by atoms with Crippen LogP contribution in [-0.4, -0.2) is 62.5 Å². The van der Waals surface area contributed by atoms with Crippen molar-refractivity contribution in [3.8, 4) is 5.75 Å². The Bertz CT molecular complexity index is 662. The lowest BCUT2D eigenvalue weighted by Gasteiger charge is -2.20. The van der Waals surface area contributed by atoms with E-state index < -0.39 is 25.5 Å². The molecule has 0 aliphatic carbocycles. The Morgan fingerprint density at radius 1 is 1.18 bits per heavy atom. The normalized spacial score (nSPS) is 19.0. The van der Waals surface area contributed by atoms with Gasteiger partial charge in [0.15, 0.2) is 12.6 Å². The summed E-state index contributed by atoms with van der Waals surface area (Å²) in [6.45, 7) is -1.66. The maximum Gasteiger partial charge on any atom is 0.422 e. The highest BCUT2D eigenvalue weighted by atomic mass is 19.4. The summed E-state index contributed by atoms with van der Waals surface area (Å²) < 4.78 is 79.3. The number of hydrogen-bond acceptors (Lipinski definition) is 3. The molecule has 1 aromatic rings. The SMILES string of the molecule is CN=C(NCc1ccccc1OCC(F)(F)F)NC1CCN(CC(F)(F)F)C1. The lowest BCUT2D eigenvalue weighted by Crippen LogP contribution is -2.45. The zero-order valence-corrected chi connectivity index (χ0v) is 15.2. The topological polar surface area (TPSA) is 48.9 Å². The minimum Gasteiger partial charge on any atom is -0.484 e. The predicted octanol–water partition coefficient (Wildman–Crippen LogP) is 2.93. The van der Waals surface area contributed by atoms with E-state index >= 15 is 0 Å². The van der Waals surface area contributed by atoms with Gasteiger partial charge in [0.2, 0.25) is 0 Å². The van der Waals surface area contributed by atoms with Gasteiger partial charge in [-0.3, -0.25) is 9.89 Å². The Hall–Kier alpha value is -2.17. The van der Waals surface area contributed by atoms with Crippen molar-refractivity contribution in [2.24, 2.45) is 4.99 Å². The van der Waals surface area contributed by atoms with Crippen LogP contribution in [-0.2, 0) is 6.54 Å². The van der Waals surface area contributed by atoms with Gasteiger partial charge in [-0.25, -0.2) is 0 Å². The lowest BCUT2D eigenvalue weighted by molar-refractivity contribution is -0.153. The molecule has 1 aromatic carbocycles. The number of benzene rings is 1. The van der Waals surface area contributed by atoms with Gasteiger partial charge in [-0.2, -0.15) is 26.3 Å². The van der Waals surface area contributed by atoms with Crippen molar-refractivity contribution < 1.29 is 31.1 Å². The zero-order chi connectivity index (χ0) is 20.8. The lowest BCUT2D eigenvalue weighted by atomic mass is 10.2. The van der Waals surface area contributed by atoms with Crippen molar-refractivity contribution in [2.75, 3.05) is 33.3 Å². The predicted molar refractivity (Wildman–Crippen MR) is 92.2 cm³/mol. The number of hydrogen-bond donors (Lipinski definition) is 2. The van der Waals surface area contributed by atoms with Crippen LogP contribution in [0, 0.1) is 0 Å². The van der Waals surface area contributed by atoms with Crippen molar-refractivity contribution in [1.29, 1.82) is 0 Å². The van der Waals surface area contributed by atoms with E-state index in [1.165, 1.54) is 18.0 Å². The number of ether oxygens (including phenoxy) is 1. The Morgan fingerprint density at radius 3 is 2.54 bits per heavy atom. The van der Waals surface area contributed by atoms with E-state index in [0.29, 0.717) is 24.5 Å². The number of rotatable bonds is 6. The average Bonchev–Trinajstić information content (AvgIpc) is 3.01. The van der Waals surface area contributed by atoms with Crippen LogP contribution in [0.4, 0.5) is 26.3 Å². The number of para-hydroxylation sites is 1. The number of guanidine groups is 1. The van der Waals surface area contributed by atoms with Crippen molar-refractivity contribution >= 4 is 5.96 Å². The summed E-state index contributed by atoms with van der Waals surface area (Å²) in [4.78, 5) is 5.32. The second-order valence-corrected chi connectivity index (χ2v) is 6.42. The standard InChI is InChI=1S/C17H22F6N4O/c1-24-15(26-13-6-7-27(9-13)10-16(18,19)20)25-8-12-4-2-3-5-14(12)28-11-17(21,22)23/h2-5,13H,6-11H2,1H3,(H2,24,25,26). The molecule has 1 heterocycles. The van der Waals surface area contributed by atoms with Crippen molar-refractivity contribution in [3.63, 3.8) is 0 Å². The fourth-order valence-electron chi connectivity index (χ4n) is 2.86. The molecule has 0 aromatic heterocycles. The molecule has 28 heavy (non-hydrogen) atoms. The van der Waals surface area contributed by atoms with Crippen LogP contribution in [0.3, 0.4) is 0 Å². The van der Waals surface area contributed by atoms with Crippen molar-refractivity contribution in [1.82, 2.24) is 15.5 Å². The molecule has 11 heteroatoms. The van der Waals surface area contributed by atoms with Gasteiger partial charge >= 0.3 is 12.4 Å². The molecule has 1 unspecified atom stereocenters. The van der Waals surface area contributed by atoms with E-state index in [-0.39, 0.29) is 24.9 Å². The Balaban J connectivity index is 1.86. The van der Waals surface area contributed by atoms with E-state index in [9.17, 15) is 26.3 Å². The maximum atomic E-state index is 12.5. The molecule has 1 aliphatic heterocycles. The highest BCUT2D eigenvalue weighted by molar-refractivity contribution is 5.80. The first kappa shape index (κ1) is 22.1. The van der Waals surface area contributed by atoms with E-state index in [1.54, 1.807) is 18.2 Å². The monoisotopic (exact) mass is 412 g/mol. The van der Waals surface area contributed by atoms with Gasteiger partial charge in [-0.05, 0) is 12.5 Å². The molecule has 0 amide bonds. The van der Waals surface area contributed by atoms with Gasteiger partial charge in [0.05, 0.1) is 6.54 Å². The first-order chi connectivity index (χ1) is 13.1. The molecule has 0 spiro atoms. The first-order valence-electron chi connectivity index (χ1n) is 8.59. The van der Waals surface area contributed by atoms with Crippen LogP contribution in [0.5, 0.6) is 5.75 Å². The molecular formula is C17H22F6N4O. The second-order valence-electron chi connectivity index (χ2n) is 6.42. The van der Waals surface area contributed by atoms with E-state index in [2.05, 4.69) is 15.6 Å². The Labute approximate surface area is 158 Å². The highest BCUT2D eigenvalue weighted by Crippen LogP contribution is 2.22. The Morgan fingerprint density at radius 2 is 1.89 bits per heavy atom. The summed E-state index contributed by atoms with van der Waals surface area (Å²) in [6.07, 6.45) is -8.15. The van der Waals surface area contributed by atoms with Crippen LogP contribution in [0.2, 0.25) is 0 Å². The van der Waals surface area contributed by atoms with Gasteiger partial charge in [-0.1, -0.05) is 18.2 Å². The van der Waals surface area contributed by atoms with Crippen LogP contribution in [0.15, 0.2) is 29.3 Å². The quantitative estimate of drug-likeness (QED) is 0.429. The van der Waals surface area contributed by atoms with Gasteiger partial charge in [0.1, 0.15) is 5.75 Å². The highest BCUT2D eigenvalue weighted by Gasteiger charge is 2.34. The number of alkyl halides is 6. The Kier molecular flexibility index (Phi) is 7.39. The molecule has 0 bridgehead atoms. The number of aliphatic imine (C=N–C) groups is 1. The summed E-state index contributed by atoms with van der Waals surface area (Å²) in [5.74, 6) is 0.449. The minimum absolute atomic E-state index is 0.0972. The molecule has 0 radical (unpaired) electrons. The second kappa shape index (κ2) is 9.35. The van der Waals surface area contributed by atoms with Gasteiger partial charge < -0.3 is 15.4 Å². The number of nitrogens with one attached hydrogen (secondary N) is 2. The van der Waals surface area contributed by atoms with Gasteiger partial charge in [-0.15, -0.1) is 0 Å². The fraction of sp³-hybridized carbons (Fsp3) is 0.588. The fourth-order valence-corrected chi connectivity index (χ4v) is 2.86. The van der Waals surface area contributed by atoms with Crippen molar-refractivity contribution in [3.05, 3.63) is 29.8 Å². The molecular weight excluding hydrogens is 390 g/mol. The molecule has 0 saturated carbocycles. The third-order valence-electron chi connectivity index (χ3n) is 4.05. The third kappa shape index (κ3) is 7.83. The summed E-state index contributed by atoms with van der Waals surface area (Å²) >= 11 is 0. The number of nitrogens with zero attached hydrogens (tertiary/aromatic N) is 2. The largest absolute Gasteiger partial charge is 0.484 e. The average molecular weight is 412 g/mol. The molecule has 2 rings (SSSR count). The van der Waals surface area contributed by atoms with E-state index in [4.69, 9.17) is 4.74 Å². The van der Waals surface area contributed by atoms with Gasteiger partial charge in [0.25, 0.3) is 0 Å². The van der Waals surface area contributed by atoms with E-state index in [1.807, 2.05) is 0 Å². The van der Waals surface area contributed by atoms with Crippen LogP contribution >= 0.6 is 0 Å². The van der Waals surface area contributed by atoms with Crippen molar-refractivity contribution in [2.45, 2.75) is 31.4 Å². The summed E-state index contributed by atoms with van der Waals surface area (Å²) in [7, 11) is 1.50. The third-order valence-corrected chi connectivity index (χ3v) is 4.05. The van der Waals surface area contributed by atoms with Crippen LogP contribution in [0.1, 0.15) is 12.0 Å². The smallest absolute Gasteiger partial charge is 0.422 e. The molecule has 1 saturated heterocycles. The molecule has 1 atom stereocenters. The van der Waals surface area contributed by atoms with Crippen LogP contribution < -0.4 is 15.4 Å².